The summed E-state index contributed by atoms with van der Waals surface area (Å²) in [5, 5.41) is 0. The zero-order valence-corrected chi connectivity index (χ0v) is 15.2. The average Bonchev–Trinajstić information content (AvgIpc) is 2.61. The Morgan fingerprint density at radius 1 is 0.926 bits per heavy atom. The van der Waals surface area contributed by atoms with Crippen molar-refractivity contribution in [3.05, 3.63) is 71.6 Å². The molecule has 0 radical (unpaired) electrons. The first-order valence-corrected chi connectivity index (χ1v) is 9.30. The molecule has 0 bridgehead atoms. The largest absolute Gasteiger partial charge is 0.421 e. The quantitative estimate of drug-likeness (QED) is 0.712. The molecule has 0 aliphatic carbocycles. The normalized spacial score (nSPS) is 11.3. The third kappa shape index (κ3) is 4.20. The van der Waals surface area contributed by atoms with Crippen LogP contribution in [0.2, 0.25) is 0 Å². The van der Waals surface area contributed by atoms with Crippen LogP contribution in [0, 0.1) is 25.5 Å². The molecule has 6 nitrogen and oxygen atoms in total. The molecule has 0 spiro atoms. The Kier molecular flexibility index (Phi) is 5.04. The molecule has 9 heteroatoms. The van der Waals surface area contributed by atoms with Gasteiger partial charge in [0.05, 0.1) is 22.0 Å². The number of hydrogen-bond acceptors (Lipinski definition) is 5. The third-order valence-corrected chi connectivity index (χ3v) is 5.01. The second-order valence-electron chi connectivity index (χ2n) is 5.64. The number of ether oxygens (including phenoxy) is 1. The summed E-state index contributed by atoms with van der Waals surface area (Å²) in [5.41, 5.74) is 0.749. The van der Waals surface area contributed by atoms with E-state index >= 15 is 0 Å². The molecule has 2 aromatic carbocycles. The van der Waals surface area contributed by atoms with E-state index in [1.165, 1.54) is 18.2 Å². The van der Waals surface area contributed by atoms with Crippen LogP contribution in [-0.2, 0) is 10.0 Å². The van der Waals surface area contributed by atoms with E-state index in [4.69, 9.17) is 4.74 Å². The minimum Gasteiger partial charge on any atom is -0.421 e. The highest BCUT2D eigenvalue weighted by Gasteiger charge is 2.19. The van der Waals surface area contributed by atoms with E-state index < -0.39 is 21.7 Å². The van der Waals surface area contributed by atoms with E-state index in [0.29, 0.717) is 11.4 Å². The summed E-state index contributed by atoms with van der Waals surface area (Å²) in [6, 6.07) is 10.1. The number of anilines is 1. The lowest BCUT2D eigenvalue weighted by molar-refractivity contribution is 0.409. The Bertz CT molecular complexity index is 1060. The molecule has 3 aromatic rings. The van der Waals surface area contributed by atoms with Gasteiger partial charge >= 0.3 is 6.01 Å². The number of rotatable bonds is 5. The maximum Gasteiger partial charge on any atom is 0.322 e. The van der Waals surface area contributed by atoms with Crippen LogP contribution in [0.3, 0.4) is 0 Å². The summed E-state index contributed by atoms with van der Waals surface area (Å²) >= 11 is 0. The summed E-state index contributed by atoms with van der Waals surface area (Å²) in [4.78, 5) is 8.05. The second kappa shape index (κ2) is 7.28. The van der Waals surface area contributed by atoms with Crippen LogP contribution in [0.5, 0.6) is 11.8 Å². The molecule has 1 aromatic heterocycles. The zero-order valence-electron chi connectivity index (χ0n) is 14.4. The highest BCUT2D eigenvalue weighted by Crippen LogP contribution is 2.26. The molecular weight excluding hydrogens is 376 g/mol. The highest BCUT2D eigenvalue weighted by molar-refractivity contribution is 7.92. The lowest BCUT2D eigenvalue weighted by Crippen LogP contribution is -2.16. The molecular formula is C18H15F2N3O3S. The molecule has 3 rings (SSSR count). The zero-order chi connectivity index (χ0) is 19.6. The molecule has 0 aliphatic rings. The van der Waals surface area contributed by atoms with Crippen molar-refractivity contribution in [2.24, 2.45) is 0 Å². The van der Waals surface area contributed by atoms with Crippen LogP contribution in [0.4, 0.5) is 14.5 Å². The number of benzene rings is 2. The van der Waals surface area contributed by atoms with Gasteiger partial charge in [-0.25, -0.2) is 17.2 Å². The average molecular weight is 391 g/mol. The van der Waals surface area contributed by atoms with E-state index in [-0.39, 0.29) is 22.3 Å². The molecule has 0 saturated heterocycles. The van der Waals surface area contributed by atoms with E-state index in [1.807, 2.05) is 0 Å². The Balaban J connectivity index is 1.89. The molecule has 0 amide bonds. The van der Waals surface area contributed by atoms with Gasteiger partial charge < -0.3 is 4.74 Å². The number of nitrogens with one attached hydrogen (secondary N) is 1. The number of sulfonamides is 1. The summed E-state index contributed by atoms with van der Waals surface area (Å²) in [6.45, 7) is 3.12. The van der Waals surface area contributed by atoms with Gasteiger partial charge in [-0.2, -0.15) is 9.97 Å². The molecule has 27 heavy (non-hydrogen) atoms. The van der Waals surface area contributed by atoms with Crippen LogP contribution in [0.15, 0.2) is 53.4 Å². The molecule has 1 N–H and O–H groups in total. The first kappa shape index (κ1) is 18.7. The number of nitrogens with zero attached hydrogens (tertiary/aromatic N) is 2. The number of aryl methyl sites for hydroxylation is 2. The fourth-order valence-electron chi connectivity index (χ4n) is 2.31. The van der Waals surface area contributed by atoms with E-state index in [0.717, 1.165) is 24.3 Å². The Labute approximate surface area is 154 Å². The van der Waals surface area contributed by atoms with Gasteiger partial charge in [0.25, 0.3) is 10.0 Å². The third-order valence-electron chi connectivity index (χ3n) is 3.65. The predicted molar refractivity (Wildman–Crippen MR) is 95.2 cm³/mol. The molecule has 0 fully saturated rings. The minimum absolute atomic E-state index is 0.0454. The SMILES string of the molecule is Cc1nc(Oc2ccccc2F)nc(C)c1NS(=O)(=O)c1ccc(F)cc1. The summed E-state index contributed by atoms with van der Waals surface area (Å²) in [6.07, 6.45) is 0. The standard InChI is InChI=1S/C18H15F2N3O3S/c1-11-17(23-27(24,25)14-9-7-13(19)8-10-14)12(2)22-18(21-11)26-16-6-4-3-5-15(16)20/h3-10,23H,1-2H3. The summed E-state index contributed by atoms with van der Waals surface area (Å²) in [5.74, 6) is -1.16. The van der Waals surface area contributed by atoms with Gasteiger partial charge in [0, 0.05) is 0 Å². The van der Waals surface area contributed by atoms with E-state index in [2.05, 4.69) is 14.7 Å². The molecule has 1 heterocycles. The smallest absolute Gasteiger partial charge is 0.322 e. The molecule has 0 saturated carbocycles. The lowest BCUT2D eigenvalue weighted by Gasteiger charge is -2.14. The second-order valence-corrected chi connectivity index (χ2v) is 7.33. The number of aromatic nitrogens is 2. The van der Waals surface area contributed by atoms with Gasteiger partial charge in [-0.05, 0) is 50.2 Å². The predicted octanol–water partition coefficient (Wildman–Crippen LogP) is 3.96. The van der Waals surface area contributed by atoms with Crippen molar-refractivity contribution in [3.63, 3.8) is 0 Å². The minimum atomic E-state index is -3.95. The van der Waals surface area contributed by atoms with Crippen LogP contribution >= 0.6 is 0 Å². The van der Waals surface area contributed by atoms with Crippen LogP contribution in [0.25, 0.3) is 0 Å². The van der Waals surface area contributed by atoms with Gasteiger partial charge in [0.15, 0.2) is 11.6 Å². The topological polar surface area (TPSA) is 81.2 Å². The number of para-hydroxylation sites is 1. The first-order chi connectivity index (χ1) is 12.8. The first-order valence-electron chi connectivity index (χ1n) is 7.82. The van der Waals surface area contributed by atoms with Crippen molar-refractivity contribution >= 4 is 15.7 Å². The van der Waals surface area contributed by atoms with Crippen LogP contribution in [0.1, 0.15) is 11.4 Å². The van der Waals surface area contributed by atoms with E-state index in [9.17, 15) is 17.2 Å². The van der Waals surface area contributed by atoms with Gasteiger partial charge in [-0.1, -0.05) is 12.1 Å². The van der Waals surface area contributed by atoms with Gasteiger partial charge in [-0.3, -0.25) is 4.72 Å². The van der Waals surface area contributed by atoms with Crippen molar-refractivity contribution in [2.75, 3.05) is 4.72 Å². The van der Waals surface area contributed by atoms with Crippen molar-refractivity contribution in [3.8, 4) is 11.8 Å². The fourth-order valence-corrected chi connectivity index (χ4v) is 3.49. The number of halogens is 2. The molecule has 0 atom stereocenters. The number of hydrogen-bond donors (Lipinski definition) is 1. The van der Waals surface area contributed by atoms with Crippen LogP contribution < -0.4 is 9.46 Å². The van der Waals surface area contributed by atoms with Gasteiger partial charge in [-0.15, -0.1) is 0 Å². The maximum absolute atomic E-state index is 13.7. The van der Waals surface area contributed by atoms with Crippen LogP contribution in [-0.4, -0.2) is 18.4 Å². The van der Waals surface area contributed by atoms with Crippen molar-refractivity contribution in [1.82, 2.24) is 9.97 Å². The van der Waals surface area contributed by atoms with E-state index in [1.54, 1.807) is 19.9 Å². The molecule has 0 aliphatic heterocycles. The molecule has 140 valence electrons. The monoisotopic (exact) mass is 391 g/mol. The highest BCUT2D eigenvalue weighted by atomic mass is 32.2. The fraction of sp³-hybridized carbons (Fsp3) is 0.111. The van der Waals surface area contributed by atoms with Crippen molar-refractivity contribution < 1.29 is 21.9 Å². The molecule has 0 unspecified atom stereocenters. The van der Waals surface area contributed by atoms with Gasteiger partial charge in [0.1, 0.15) is 5.82 Å². The summed E-state index contributed by atoms with van der Waals surface area (Å²) in [7, 11) is -3.95. The van der Waals surface area contributed by atoms with Crippen molar-refractivity contribution in [2.45, 2.75) is 18.7 Å². The van der Waals surface area contributed by atoms with Gasteiger partial charge in [0.2, 0.25) is 0 Å². The van der Waals surface area contributed by atoms with Crippen molar-refractivity contribution in [1.29, 1.82) is 0 Å². The lowest BCUT2D eigenvalue weighted by atomic mass is 10.3. The Morgan fingerprint density at radius 3 is 2.11 bits per heavy atom. The summed E-state index contributed by atoms with van der Waals surface area (Å²) < 4.78 is 59.4. The maximum atomic E-state index is 13.7. The Morgan fingerprint density at radius 2 is 1.52 bits per heavy atom. The Hall–Kier alpha value is -3.07.